The van der Waals surface area contributed by atoms with Gasteiger partial charge in [-0.05, 0) is 52.0 Å². The zero-order valence-electron chi connectivity index (χ0n) is 13.2. The lowest BCUT2D eigenvalue weighted by atomic mass is 9.95. The molecule has 3 aliphatic rings. The van der Waals surface area contributed by atoms with Gasteiger partial charge < -0.3 is 19.1 Å². The average molecular weight is 291 g/mol. The van der Waals surface area contributed by atoms with Crippen molar-refractivity contribution in [2.45, 2.75) is 25.4 Å². The van der Waals surface area contributed by atoms with Gasteiger partial charge in [-0.25, -0.2) is 0 Å². The number of likely N-dealkylation sites (N-methyl/N-ethyl adjacent to an activating group) is 1. The highest BCUT2D eigenvalue weighted by Gasteiger charge is 2.37. The summed E-state index contributed by atoms with van der Waals surface area (Å²) in [4.78, 5) is 19.2. The number of fused-ring (bicyclic) bond motifs is 4. The molecule has 3 aliphatic heterocycles. The summed E-state index contributed by atoms with van der Waals surface area (Å²) < 4.78 is 5.74. The van der Waals surface area contributed by atoms with E-state index in [0.29, 0.717) is 17.7 Å². The van der Waals surface area contributed by atoms with Crippen LogP contribution < -0.4 is 0 Å². The van der Waals surface area contributed by atoms with Crippen LogP contribution in [-0.4, -0.2) is 67.4 Å². The number of nitrogens with zero attached hydrogens (tertiary/aromatic N) is 3. The van der Waals surface area contributed by atoms with E-state index in [1.165, 1.54) is 6.42 Å². The molecule has 0 radical (unpaired) electrons. The molecule has 1 aromatic heterocycles. The number of hydrogen-bond acceptors (Lipinski definition) is 4. The maximum absolute atomic E-state index is 12.7. The highest BCUT2D eigenvalue weighted by Crippen LogP contribution is 2.28. The van der Waals surface area contributed by atoms with E-state index in [0.717, 1.165) is 38.4 Å². The van der Waals surface area contributed by atoms with Gasteiger partial charge in [-0.1, -0.05) is 0 Å². The quantitative estimate of drug-likeness (QED) is 0.846. The number of piperidine rings is 1. The molecule has 1 amide bonds. The van der Waals surface area contributed by atoms with Crippen molar-refractivity contribution in [2.24, 2.45) is 5.92 Å². The molecule has 2 bridgehead atoms. The largest absolute Gasteiger partial charge is 0.455 e. The minimum Gasteiger partial charge on any atom is -0.455 e. The second-order valence-corrected chi connectivity index (χ2v) is 6.78. The van der Waals surface area contributed by atoms with Crippen LogP contribution in [0, 0.1) is 5.92 Å². The maximum atomic E-state index is 12.7. The molecule has 3 fully saturated rings. The first-order chi connectivity index (χ1) is 10.0. The Morgan fingerprint density at radius 1 is 1.29 bits per heavy atom. The summed E-state index contributed by atoms with van der Waals surface area (Å²) in [7, 11) is 6.14. The molecule has 4 heterocycles. The fourth-order valence-corrected chi connectivity index (χ4v) is 3.60. The number of hydrogen-bond donors (Lipinski definition) is 0. The summed E-state index contributed by atoms with van der Waals surface area (Å²) >= 11 is 0. The number of carbonyl (C=O) groups excluding carboxylic acids is 1. The highest BCUT2D eigenvalue weighted by molar-refractivity contribution is 5.92. The van der Waals surface area contributed by atoms with Crippen LogP contribution in [0.4, 0.5) is 0 Å². The standard InChI is InChI=1S/C16H25N3O2/c1-17(2)11-14-6-7-15(21-14)16(20)19-9-12-4-5-13(19)10-18(3)8-12/h6-7,12-13H,4-5,8-11H2,1-3H3/t12-,13+/m0/s1. The van der Waals surface area contributed by atoms with Crippen molar-refractivity contribution in [1.29, 1.82) is 0 Å². The molecular weight excluding hydrogens is 266 g/mol. The third-order valence-corrected chi connectivity index (χ3v) is 4.50. The van der Waals surface area contributed by atoms with Crippen molar-refractivity contribution in [2.75, 3.05) is 40.8 Å². The normalized spacial score (nSPS) is 26.4. The van der Waals surface area contributed by atoms with Gasteiger partial charge in [0.1, 0.15) is 5.76 Å². The number of furan rings is 1. The lowest BCUT2D eigenvalue weighted by Crippen LogP contribution is -2.47. The molecular formula is C16H25N3O2. The van der Waals surface area contributed by atoms with E-state index < -0.39 is 0 Å². The second-order valence-electron chi connectivity index (χ2n) is 6.78. The summed E-state index contributed by atoms with van der Waals surface area (Å²) in [5.41, 5.74) is 0. The van der Waals surface area contributed by atoms with Crippen molar-refractivity contribution in [1.82, 2.24) is 14.7 Å². The average Bonchev–Trinajstić information content (AvgIpc) is 2.71. The highest BCUT2D eigenvalue weighted by atomic mass is 16.4. The van der Waals surface area contributed by atoms with E-state index in [2.05, 4.69) is 11.9 Å². The zero-order chi connectivity index (χ0) is 15.0. The summed E-state index contributed by atoms with van der Waals surface area (Å²) in [6.07, 6.45) is 2.36. The predicted molar refractivity (Wildman–Crippen MR) is 81.1 cm³/mol. The molecule has 5 heteroatoms. The number of amides is 1. The molecule has 0 unspecified atom stereocenters. The Labute approximate surface area is 126 Å². The van der Waals surface area contributed by atoms with Gasteiger partial charge in [0, 0.05) is 25.7 Å². The molecule has 2 atom stereocenters. The molecule has 0 aromatic carbocycles. The summed E-state index contributed by atoms with van der Waals surface area (Å²) in [5.74, 6) is 2.00. The topological polar surface area (TPSA) is 39.9 Å². The van der Waals surface area contributed by atoms with E-state index in [9.17, 15) is 4.79 Å². The van der Waals surface area contributed by atoms with Crippen LogP contribution in [0.15, 0.2) is 16.5 Å². The van der Waals surface area contributed by atoms with Gasteiger partial charge in [0.05, 0.1) is 6.54 Å². The third-order valence-electron chi connectivity index (χ3n) is 4.50. The van der Waals surface area contributed by atoms with Gasteiger partial charge in [-0.3, -0.25) is 4.79 Å². The molecule has 116 valence electrons. The molecule has 0 saturated carbocycles. The van der Waals surface area contributed by atoms with Crippen LogP contribution >= 0.6 is 0 Å². The molecule has 0 aliphatic carbocycles. The Morgan fingerprint density at radius 2 is 2.10 bits per heavy atom. The summed E-state index contributed by atoms with van der Waals surface area (Å²) in [6.45, 7) is 3.68. The molecule has 1 aromatic rings. The van der Waals surface area contributed by atoms with Crippen molar-refractivity contribution in [3.05, 3.63) is 23.7 Å². The van der Waals surface area contributed by atoms with E-state index in [1.54, 1.807) is 0 Å². The molecule has 5 nitrogen and oxygen atoms in total. The van der Waals surface area contributed by atoms with Crippen LogP contribution in [0.1, 0.15) is 29.2 Å². The van der Waals surface area contributed by atoms with Crippen LogP contribution in [0.25, 0.3) is 0 Å². The lowest BCUT2D eigenvalue weighted by molar-refractivity contribution is 0.0552. The molecule has 0 spiro atoms. The fraction of sp³-hybridized carbons (Fsp3) is 0.688. The van der Waals surface area contributed by atoms with E-state index in [1.807, 2.05) is 36.0 Å². The van der Waals surface area contributed by atoms with Crippen LogP contribution in [0.2, 0.25) is 0 Å². The predicted octanol–water partition coefficient (Wildman–Crippen LogP) is 1.51. The molecule has 4 rings (SSSR count). The Morgan fingerprint density at radius 3 is 2.86 bits per heavy atom. The Hall–Kier alpha value is -1.33. The van der Waals surface area contributed by atoms with Crippen molar-refractivity contribution in [3.8, 4) is 0 Å². The Bertz CT molecular complexity index is 511. The third kappa shape index (κ3) is 3.14. The molecule has 21 heavy (non-hydrogen) atoms. The van der Waals surface area contributed by atoms with E-state index in [-0.39, 0.29) is 5.91 Å². The van der Waals surface area contributed by atoms with E-state index in [4.69, 9.17) is 4.42 Å². The van der Waals surface area contributed by atoms with Gasteiger partial charge in [-0.15, -0.1) is 0 Å². The smallest absolute Gasteiger partial charge is 0.289 e. The fourth-order valence-electron chi connectivity index (χ4n) is 3.60. The first-order valence-electron chi connectivity index (χ1n) is 7.76. The maximum Gasteiger partial charge on any atom is 0.289 e. The molecule has 0 N–H and O–H groups in total. The first-order valence-corrected chi connectivity index (χ1v) is 7.76. The first kappa shape index (κ1) is 14.6. The van der Waals surface area contributed by atoms with Crippen LogP contribution in [-0.2, 0) is 6.54 Å². The minimum atomic E-state index is 0.0602. The van der Waals surface area contributed by atoms with E-state index >= 15 is 0 Å². The number of carbonyl (C=O) groups is 1. The van der Waals surface area contributed by atoms with Crippen molar-refractivity contribution in [3.63, 3.8) is 0 Å². The zero-order valence-corrected chi connectivity index (χ0v) is 13.2. The van der Waals surface area contributed by atoms with Gasteiger partial charge >= 0.3 is 0 Å². The van der Waals surface area contributed by atoms with Gasteiger partial charge in [-0.2, -0.15) is 0 Å². The summed E-state index contributed by atoms with van der Waals surface area (Å²) in [5, 5.41) is 0. The number of rotatable bonds is 3. The van der Waals surface area contributed by atoms with Crippen molar-refractivity contribution >= 4 is 5.91 Å². The van der Waals surface area contributed by atoms with Crippen molar-refractivity contribution < 1.29 is 9.21 Å². The Balaban J connectivity index is 1.74. The Kier molecular flexibility index (Phi) is 4.04. The summed E-state index contributed by atoms with van der Waals surface area (Å²) in [6, 6.07) is 4.07. The SMILES string of the molecule is CN(C)Cc1ccc(C(=O)N2C[C@H]3CC[C@@H]2CN(C)C3)o1. The second kappa shape index (κ2) is 5.81. The minimum absolute atomic E-state index is 0.0602. The van der Waals surface area contributed by atoms with Gasteiger partial charge in [0.15, 0.2) is 5.76 Å². The lowest BCUT2D eigenvalue weighted by Gasteiger charge is -2.35. The molecule has 3 saturated heterocycles. The van der Waals surface area contributed by atoms with Crippen LogP contribution in [0.3, 0.4) is 0 Å². The van der Waals surface area contributed by atoms with Gasteiger partial charge in [0.25, 0.3) is 5.91 Å². The van der Waals surface area contributed by atoms with Crippen LogP contribution in [0.5, 0.6) is 0 Å². The van der Waals surface area contributed by atoms with Gasteiger partial charge in [0.2, 0.25) is 0 Å². The monoisotopic (exact) mass is 291 g/mol.